The summed E-state index contributed by atoms with van der Waals surface area (Å²) < 4.78 is 47.2. The second-order valence-corrected chi connectivity index (χ2v) is 9.14. The van der Waals surface area contributed by atoms with Crippen LogP contribution in [0.5, 0.6) is 0 Å². The SMILES string of the molecule is NS(=O)(=O)c1ccc(S(N)(=O)=O)c(-c2ccc(Cl)c3c(Cl)c[nH]c23)c1. The average molecular weight is 420 g/mol. The Labute approximate surface area is 153 Å². The lowest BCUT2D eigenvalue weighted by Gasteiger charge is -2.12. The van der Waals surface area contributed by atoms with E-state index in [4.69, 9.17) is 33.5 Å². The van der Waals surface area contributed by atoms with Gasteiger partial charge in [0.05, 0.1) is 25.4 Å². The molecule has 0 aliphatic carbocycles. The minimum Gasteiger partial charge on any atom is -0.359 e. The summed E-state index contributed by atoms with van der Waals surface area (Å²) >= 11 is 12.2. The van der Waals surface area contributed by atoms with Gasteiger partial charge in [0.1, 0.15) is 0 Å². The summed E-state index contributed by atoms with van der Waals surface area (Å²) in [4.78, 5) is 2.39. The maximum Gasteiger partial charge on any atom is 0.238 e. The number of H-pyrrole nitrogens is 1. The molecule has 0 spiro atoms. The van der Waals surface area contributed by atoms with Gasteiger partial charge in [-0.3, -0.25) is 0 Å². The minimum absolute atomic E-state index is 0.0641. The maximum atomic E-state index is 11.9. The van der Waals surface area contributed by atoms with Crippen molar-refractivity contribution in [3.05, 3.63) is 46.6 Å². The van der Waals surface area contributed by atoms with Crippen LogP contribution in [0.4, 0.5) is 0 Å². The van der Waals surface area contributed by atoms with E-state index >= 15 is 0 Å². The molecule has 0 fully saturated rings. The number of fused-ring (bicyclic) bond motifs is 1. The Balaban J connectivity index is 2.46. The number of aromatic amines is 1. The minimum atomic E-state index is -4.13. The number of hydrogen-bond donors (Lipinski definition) is 3. The third-order valence-corrected chi connectivity index (χ3v) is 6.11. The van der Waals surface area contributed by atoms with Gasteiger partial charge in [-0.25, -0.2) is 27.1 Å². The van der Waals surface area contributed by atoms with Gasteiger partial charge >= 0.3 is 0 Å². The van der Waals surface area contributed by atoms with Gasteiger partial charge in [0.2, 0.25) is 20.0 Å². The molecular weight excluding hydrogens is 409 g/mol. The molecule has 7 nitrogen and oxygen atoms in total. The molecule has 3 aromatic rings. The topological polar surface area (TPSA) is 136 Å². The van der Waals surface area contributed by atoms with Crippen LogP contribution in [0.1, 0.15) is 0 Å². The molecule has 0 aliphatic heterocycles. The van der Waals surface area contributed by atoms with Gasteiger partial charge in [-0.1, -0.05) is 29.3 Å². The number of rotatable bonds is 3. The molecule has 132 valence electrons. The van der Waals surface area contributed by atoms with Crippen LogP contribution in [0.3, 0.4) is 0 Å². The number of nitrogens with one attached hydrogen (secondary N) is 1. The highest BCUT2D eigenvalue weighted by atomic mass is 35.5. The van der Waals surface area contributed by atoms with Crippen LogP contribution in [0.25, 0.3) is 22.0 Å². The summed E-state index contributed by atoms with van der Waals surface area (Å²) in [5.74, 6) is 0. The van der Waals surface area contributed by atoms with Gasteiger partial charge in [-0.15, -0.1) is 0 Å². The van der Waals surface area contributed by atoms with E-state index in [0.29, 0.717) is 26.5 Å². The predicted molar refractivity (Wildman–Crippen MR) is 96.5 cm³/mol. The van der Waals surface area contributed by atoms with Crippen molar-refractivity contribution in [1.29, 1.82) is 0 Å². The fourth-order valence-electron chi connectivity index (χ4n) is 2.54. The zero-order valence-electron chi connectivity index (χ0n) is 12.3. The molecule has 11 heteroatoms. The quantitative estimate of drug-likeness (QED) is 0.599. The monoisotopic (exact) mass is 419 g/mol. The molecule has 3 rings (SSSR count). The molecular formula is C14H11Cl2N3O4S2. The van der Waals surface area contributed by atoms with Crippen LogP contribution < -0.4 is 10.3 Å². The molecule has 0 amide bonds. The van der Waals surface area contributed by atoms with Crippen molar-refractivity contribution < 1.29 is 16.8 Å². The van der Waals surface area contributed by atoms with E-state index in [-0.39, 0.29) is 15.4 Å². The number of sulfonamides is 2. The first-order valence-electron chi connectivity index (χ1n) is 6.65. The molecule has 1 aromatic heterocycles. The first kappa shape index (κ1) is 18.2. The van der Waals surface area contributed by atoms with Crippen molar-refractivity contribution in [2.75, 3.05) is 0 Å². The lowest BCUT2D eigenvalue weighted by molar-refractivity contribution is 0.594. The molecule has 25 heavy (non-hydrogen) atoms. The summed E-state index contributed by atoms with van der Waals surface area (Å²) in [7, 11) is -8.18. The number of benzene rings is 2. The zero-order valence-corrected chi connectivity index (χ0v) is 15.5. The first-order valence-corrected chi connectivity index (χ1v) is 10.5. The van der Waals surface area contributed by atoms with E-state index in [1.807, 2.05) is 0 Å². The summed E-state index contributed by atoms with van der Waals surface area (Å²) in [6.07, 6.45) is 1.49. The Morgan fingerprint density at radius 2 is 1.52 bits per heavy atom. The maximum absolute atomic E-state index is 11.9. The van der Waals surface area contributed by atoms with Crippen LogP contribution in [0.15, 0.2) is 46.3 Å². The van der Waals surface area contributed by atoms with E-state index < -0.39 is 20.0 Å². The second kappa shape index (κ2) is 5.97. The second-order valence-electron chi connectivity index (χ2n) is 5.23. The normalized spacial score (nSPS) is 12.6. The predicted octanol–water partition coefficient (Wildman–Crippen LogP) is 2.44. The highest BCUT2D eigenvalue weighted by molar-refractivity contribution is 7.89. The lowest BCUT2D eigenvalue weighted by Crippen LogP contribution is -2.16. The standard InChI is InChI=1S/C14H11Cl2N3O4S2/c15-10-3-2-8(14-13(10)11(16)6-19-14)9-5-7(24(17,20)21)1-4-12(9)25(18,22)23/h1-6,19H,(H2,17,20,21)(H2,18,22,23). The number of nitrogens with two attached hydrogens (primary N) is 2. The average Bonchev–Trinajstić information content (AvgIpc) is 2.88. The zero-order chi connectivity index (χ0) is 18.6. The molecule has 0 bridgehead atoms. The van der Waals surface area contributed by atoms with E-state index in [1.165, 1.54) is 18.3 Å². The summed E-state index contributed by atoms with van der Waals surface area (Å²) in [5, 5.41) is 11.6. The van der Waals surface area contributed by atoms with Crippen LogP contribution >= 0.6 is 23.2 Å². The summed E-state index contributed by atoms with van der Waals surface area (Å²) in [5.41, 5.74) is 0.865. The fourth-order valence-corrected chi connectivity index (χ4v) is 4.37. The largest absolute Gasteiger partial charge is 0.359 e. The van der Waals surface area contributed by atoms with Gasteiger partial charge < -0.3 is 4.98 Å². The fraction of sp³-hybridized carbons (Fsp3) is 0. The van der Waals surface area contributed by atoms with Crippen LogP contribution in [0.2, 0.25) is 10.0 Å². The van der Waals surface area contributed by atoms with Gasteiger partial charge in [0, 0.05) is 22.7 Å². The Morgan fingerprint density at radius 3 is 2.12 bits per heavy atom. The summed E-state index contributed by atoms with van der Waals surface area (Å²) in [6, 6.07) is 6.37. The Hall–Kier alpha value is -1.62. The van der Waals surface area contributed by atoms with E-state index in [9.17, 15) is 16.8 Å². The van der Waals surface area contributed by atoms with Crippen molar-refractivity contribution in [2.24, 2.45) is 10.3 Å². The molecule has 0 atom stereocenters. The van der Waals surface area contributed by atoms with Gasteiger partial charge in [-0.2, -0.15) is 0 Å². The van der Waals surface area contributed by atoms with Gasteiger partial charge in [0.25, 0.3) is 0 Å². The molecule has 2 aromatic carbocycles. The van der Waals surface area contributed by atoms with E-state index in [0.717, 1.165) is 18.2 Å². The van der Waals surface area contributed by atoms with E-state index in [1.54, 1.807) is 0 Å². The molecule has 0 radical (unpaired) electrons. The molecule has 0 saturated carbocycles. The number of hydrogen-bond acceptors (Lipinski definition) is 4. The Bertz CT molecular complexity index is 1220. The van der Waals surface area contributed by atoms with Crippen molar-refractivity contribution in [1.82, 2.24) is 4.98 Å². The van der Waals surface area contributed by atoms with Crippen molar-refractivity contribution >= 4 is 54.2 Å². The number of primary sulfonamides is 2. The molecule has 1 heterocycles. The van der Waals surface area contributed by atoms with Crippen molar-refractivity contribution in [2.45, 2.75) is 9.79 Å². The van der Waals surface area contributed by atoms with Crippen molar-refractivity contribution in [3.8, 4) is 11.1 Å². The lowest BCUT2D eigenvalue weighted by atomic mass is 10.0. The highest BCUT2D eigenvalue weighted by Gasteiger charge is 2.22. The van der Waals surface area contributed by atoms with Crippen molar-refractivity contribution in [3.63, 3.8) is 0 Å². The van der Waals surface area contributed by atoms with Gasteiger partial charge in [-0.05, 0) is 24.3 Å². The molecule has 0 aliphatic rings. The Kier molecular flexibility index (Phi) is 4.34. The van der Waals surface area contributed by atoms with Crippen LogP contribution in [-0.4, -0.2) is 21.8 Å². The smallest absolute Gasteiger partial charge is 0.238 e. The van der Waals surface area contributed by atoms with Crippen LogP contribution in [-0.2, 0) is 20.0 Å². The molecule has 0 unspecified atom stereocenters. The number of aromatic nitrogens is 1. The van der Waals surface area contributed by atoms with Crippen LogP contribution in [0, 0.1) is 0 Å². The van der Waals surface area contributed by atoms with E-state index in [2.05, 4.69) is 4.98 Å². The molecule has 5 N–H and O–H groups in total. The summed E-state index contributed by atoms with van der Waals surface area (Å²) in [6.45, 7) is 0. The van der Waals surface area contributed by atoms with Gasteiger partial charge in [0.15, 0.2) is 0 Å². The Morgan fingerprint density at radius 1 is 0.840 bits per heavy atom. The third kappa shape index (κ3) is 3.26. The molecule has 0 saturated heterocycles. The number of halogens is 2. The highest BCUT2D eigenvalue weighted by Crippen LogP contribution is 2.39. The first-order chi connectivity index (χ1) is 11.5. The third-order valence-electron chi connectivity index (χ3n) is 3.61.